The van der Waals surface area contributed by atoms with Crippen LogP contribution in [0.15, 0.2) is 36.5 Å². The van der Waals surface area contributed by atoms with E-state index in [1.165, 1.54) is 18.3 Å². The summed E-state index contributed by atoms with van der Waals surface area (Å²) in [6, 6.07) is 6.56. The Bertz CT molecular complexity index is 797. The molecule has 0 spiro atoms. The van der Waals surface area contributed by atoms with Gasteiger partial charge in [0.2, 0.25) is 0 Å². The minimum atomic E-state index is -4.38. The van der Waals surface area contributed by atoms with Crippen LogP contribution in [0, 0.1) is 0 Å². The summed E-state index contributed by atoms with van der Waals surface area (Å²) in [4.78, 5) is 4.15. The van der Waals surface area contributed by atoms with Gasteiger partial charge in [0.05, 0.1) is 16.0 Å². The molecular formula is C13H9F3N4S. The number of hydrogen-bond acceptors (Lipinski definition) is 5. The van der Waals surface area contributed by atoms with Crippen molar-refractivity contribution in [2.75, 3.05) is 11.1 Å². The van der Waals surface area contributed by atoms with Crippen LogP contribution >= 0.6 is 11.5 Å². The molecule has 0 aliphatic heterocycles. The van der Waals surface area contributed by atoms with E-state index in [2.05, 4.69) is 14.7 Å². The van der Waals surface area contributed by atoms with Gasteiger partial charge in [0.15, 0.2) is 5.82 Å². The second-order valence-corrected chi connectivity index (χ2v) is 5.09. The molecule has 0 atom stereocenters. The van der Waals surface area contributed by atoms with E-state index < -0.39 is 11.7 Å². The Morgan fingerprint density at radius 2 is 2.00 bits per heavy atom. The van der Waals surface area contributed by atoms with Crippen LogP contribution in [0.25, 0.3) is 10.2 Å². The van der Waals surface area contributed by atoms with Crippen LogP contribution in [0.4, 0.5) is 30.4 Å². The molecule has 0 saturated heterocycles. The van der Waals surface area contributed by atoms with Crippen molar-refractivity contribution >= 4 is 38.9 Å². The van der Waals surface area contributed by atoms with E-state index >= 15 is 0 Å². The van der Waals surface area contributed by atoms with Crippen molar-refractivity contribution in [3.63, 3.8) is 0 Å². The molecule has 2 heterocycles. The fraction of sp³-hybridized carbons (Fsp3) is 0.0769. The van der Waals surface area contributed by atoms with Gasteiger partial charge in [-0.2, -0.15) is 17.5 Å². The third-order valence-electron chi connectivity index (χ3n) is 2.84. The topological polar surface area (TPSA) is 63.8 Å². The minimum Gasteiger partial charge on any atom is -0.397 e. The molecule has 0 aliphatic rings. The van der Waals surface area contributed by atoms with Crippen molar-refractivity contribution in [3.05, 3.63) is 42.1 Å². The standard InChI is InChI=1S/C13H9F3N4S/c14-13(15,16)7-2-1-3-8(6-7)19-12-10-11(21-20-12)9(17)4-5-18-10/h1-6H,(H2,17,18)(H,19,20). The number of halogens is 3. The van der Waals surface area contributed by atoms with Gasteiger partial charge >= 0.3 is 6.18 Å². The number of pyridine rings is 1. The van der Waals surface area contributed by atoms with Crippen LogP contribution in [0.1, 0.15) is 5.56 Å². The first-order valence-corrected chi connectivity index (χ1v) is 6.66. The maximum atomic E-state index is 12.7. The molecule has 3 N–H and O–H groups in total. The molecule has 0 amide bonds. The van der Waals surface area contributed by atoms with Crippen molar-refractivity contribution in [2.45, 2.75) is 6.18 Å². The van der Waals surface area contributed by atoms with Crippen molar-refractivity contribution in [1.82, 2.24) is 9.36 Å². The lowest BCUT2D eigenvalue weighted by atomic mass is 10.2. The summed E-state index contributed by atoms with van der Waals surface area (Å²) in [5.41, 5.74) is 6.44. The third-order valence-corrected chi connectivity index (χ3v) is 3.73. The summed E-state index contributed by atoms with van der Waals surface area (Å²) < 4.78 is 42.9. The van der Waals surface area contributed by atoms with Crippen molar-refractivity contribution in [2.24, 2.45) is 0 Å². The third kappa shape index (κ3) is 2.62. The van der Waals surface area contributed by atoms with E-state index in [4.69, 9.17) is 5.73 Å². The van der Waals surface area contributed by atoms with E-state index in [1.54, 1.807) is 6.07 Å². The number of nitrogens with zero attached hydrogens (tertiary/aromatic N) is 2. The Morgan fingerprint density at radius 1 is 1.19 bits per heavy atom. The van der Waals surface area contributed by atoms with Crippen LogP contribution < -0.4 is 11.1 Å². The molecule has 4 nitrogen and oxygen atoms in total. The van der Waals surface area contributed by atoms with Crippen molar-refractivity contribution < 1.29 is 13.2 Å². The normalized spacial score (nSPS) is 11.8. The Kier molecular flexibility index (Phi) is 3.17. The first kappa shape index (κ1) is 13.6. The fourth-order valence-electron chi connectivity index (χ4n) is 1.85. The van der Waals surface area contributed by atoms with Gasteiger partial charge < -0.3 is 11.1 Å². The summed E-state index contributed by atoms with van der Waals surface area (Å²) >= 11 is 1.15. The van der Waals surface area contributed by atoms with Crippen molar-refractivity contribution in [3.8, 4) is 0 Å². The molecule has 0 radical (unpaired) electrons. The van der Waals surface area contributed by atoms with Crippen molar-refractivity contribution in [1.29, 1.82) is 0 Å². The highest BCUT2D eigenvalue weighted by atomic mass is 32.1. The monoisotopic (exact) mass is 310 g/mol. The van der Waals surface area contributed by atoms with E-state index in [1.807, 2.05) is 0 Å². The molecule has 108 valence electrons. The number of fused-ring (bicyclic) bond motifs is 1. The SMILES string of the molecule is Nc1ccnc2c(Nc3cccc(C(F)(F)F)c3)nsc12. The minimum absolute atomic E-state index is 0.293. The average molecular weight is 310 g/mol. The number of aromatic nitrogens is 2. The second-order valence-electron chi connectivity index (χ2n) is 4.31. The molecule has 21 heavy (non-hydrogen) atoms. The van der Waals surface area contributed by atoms with E-state index in [9.17, 15) is 13.2 Å². The lowest BCUT2D eigenvalue weighted by molar-refractivity contribution is -0.137. The van der Waals surface area contributed by atoms with Gasteiger partial charge in [-0.25, -0.2) is 0 Å². The molecule has 0 bridgehead atoms. The van der Waals surface area contributed by atoms with E-state index in [-0.39, 0.29) is 0 Å². The molecule has 8 heteroatoms. The predicted molar refractivity (Wildman–Crippen MR) is 76.6 cm³/mol. The van der Waals surface area contributed by atoms with E-state index in [0.717, 1.165) is 23.7 Å². The molecule has 3 rings (SSSR count). The Hall–Kier alpha value is -2.35. The van der Waals surface area contributed by atoms with Crippen LogP contribution in [0.5, 0.6) is 0 Å². The highest BCUT2D eigenvalue weighted by molar-refractivity contribution is 7.14. The number of benzene rings is 1. The van der Waals surface area contributed by atoms with Gasteiger partial charge in [0, 0.05) is 11.9 Å². The Labute approximate surface area is 121 Å². The van der Waals surface area contributed by atoms with Gasteiger partial charge in [-0.15, -0.1) is 0 Å². The summed E-state index contributed by atoms with van der Waals surface area (Å²) in [5, 5.41) is 2.85. The zero-order chi connectivity index (χ0) is 15.0. The number of nitrogens with two attached hydrogens (primary N) is 1. The maximum absolute atomic E-state index is 12.7. The summed E-state index contributed by atoms with van der Waals surface area (Å²) in [5.74, 6) is 0.390. The molecule has 3 aromatic rings. The van der Waals surface area contributed by atoms with E-state index in [0.29, 0.717) is 27.4 Å². The number of nitrogens with one attached hydrogen (secondary N) is 1. The maximum Gasteiger partial charge on any atom is 0.416 e. The largest absolute Gasteiger partial charge is 0.416 e. The average Bonchev–Trinajstić information content (AvgIpc) is 2.83. The van der Waals surface area contributed by atoms with Crippen LogP contribution in [0.3, 0.4) is 0 Å². The number of alkyl halides is 3. The number of hydrogen-bond donors (Lipinski definition) is 2. The van der Waals surface area contributed by atoms with Gasteiger partial charge in [0.1, 0.15) is 5.52 Å². The lowest BCUT2D eigenvalue weighted by Gasteiger charge is -2.09. The Morgan fingerprint density at radius 3 is 2.76 bits per heavy atom. The summed E-state index contributed by atoms with van der Waals surface area (Å²) in [7, 11) is 0. The molecule has 0 aliphatic carbocycles. The van der Waals surface area contributed by atoms with Gasteiger partial charge in [-0.05, 0) is 35.8 Å². The molecular weight excluding hydrogens is 301 g/mol. The van der Waals surface area contributed by atoms with Crippen LogP contribution in [-0.4, -0.2) is 9.36 Å². The fourth-order valence-corrected chi connectivity index (χ4v) is 2.58. The zero-order valence-electron chi connectivity index (χ0n) is 10.5. The second kappa shape index (κ2) is 4.88. The molecule has 1 aromatic carbocycles. The highest BCUT2D eigenvalue weighted by Crippen LogP contribution is 2.33. The first-order chi connectivity index (χ1) is 9.95. The van der Waals surface area contributed by atoms with Crippen LogP contribution in [0.2, 0.25) is 0 Å². The Balaban J connectivity index is 1.98. The molecule has 2 aromatic heterocycles. The molecule has 0 saturated carbocycles. The predicted octanol–water partition coefficient (Wildman–Crippen LogP) is 4.04. The summed E-state index contributed by atoms with van der Waals surface area (Å²) in [6.45, 7) is 0. The number of rotatable bonds is 2. The zero-order valence-corrected chi connectivity index (χ0v) is 11.3. The lowest BCUT2D eigenvalue weighted by Crippen LogP contribution is -2.05. The quantitative estimate of drug-likeness (QED) is 0.750. The molecule has 0 unspecified atom stereocenters. The first-order valence-electron chi connectivity index (χ1n) is 5.89. The van der Waals surface area contributed by atoms with Crippen LogP contribution in [-0.2, 0) is 6.18 Å². The number of nitrogen functional groups attached to an aromatic ring is 1. The van der Waals surface area contributed by atoms with Gasteiger partial charge in [-0.3, -0.25) is 4.98 Å². The van der Waals surface area contributed by atoms with Gasteiger partial charge in [-0.1, -0.05) is 6.07 Å². The molecule has 0 fully saturated rings. The smallest absolute Gasteiger partial charge is 0.397 e. The number of anilines is 3. The summed E-state index contributed by atoms with van der Waals surface area (Å²) in [6.07, 6.45) is -2.85. The van der Waals surface area contributed by atoms with Gasteiger partial charge in [0.25, 0.3) is 0 Å². The highest BCUT2D eigenvalue weighted by Gasteiger charge is 2.30.